The third kappa shape index (κ3) is 4.71. The van der Waals surface area contributed by atoms with Crippen LogP contribution in [-0.2, 0) is 6.42 Å². The van der Waals surface area contributed by atoms with Crippen LogP contribution < -0.4 is 5.32 Å². The van der Waals surface area contributed by atoms with Gasteiger partial charge in [-0.1, -0.05) is 48.5 Å². The lowest BCUT2D eigenvalue weighted by Gasteiger charge is -2.07. The molecule has 22 heavy (non-hydrogen) atoms. The van der Waals surface area contributed by atoms with Crippen LogP contribution in [0.25, 0.3) is 0 Å². The fourth-order valence-corrected chi connectivity index (χ4v) is 2.81. The van der Waals surface area contributed by atoms with Crippen molar-refractivity contribution in [2.45, 2.75) is 25.4 Å². The minimum atomic E-state index is -0.185. The van der Waals surface area contributed by atoms with Crippen molar-refractivity contribution in [2.24, 2.45) is 0 Å². The van der Waals surface area contributed by atoms with E-state index in [0.717, 1.165) is 22.0 Å². The molecule has 0 radical (unpaired) electrons. The van der Waals surface area contributed by atoms with Gasteiger partial charge < -0.3 is 5.32 Å². The van der Waals surface area contributed by atoms with E-state index in [1.165, 1.54) is 11.8 Å². The lowest BCUT2D eigenvalue weighted by molar-refractivity contribution is 0.0948. The summed E-state index contributed by atoms with van der Waals surface area (Å²) in [7, 11) is 0. The summed E-state index contributed by atoms with van der Waals surface area (Å²) >= 11 is 7.62. The zero-order valence-corrected chi connectivity index (χ0v) is 14.2. The number of nitrogens with one attached hydrogen (secondary N) is 1. The van der Waals surface area contributed by atoms with Gasteiger partial charge in [0.05, 0.1) is 0 Å². The predicted octanol–water partition coefficient (Wildman–Crippen LogP) is 3.52. The van der Waals surface area contributed by atoms with Gasteiger partial charge in [-0.05, 0) is 36.8 Å². The molecule has 0 aliphatic carbocycles. The Morgan fingerprint density at radius 2 is 2.09 bits per heavy atom. The zero-order chi connectivity index (χ0) is 15.9. The first kappa shape index (κ1) is 16.8. The van der Waals surface area contributed by atoms with Crippen molar-refractivity contribution in [1.29, 1.82) is 0 Å². The molecule has 0 spiro atoms. The molecule has 1 aromatic carbocycles. The Kier molecular flexibility index (Phi) is 6.21. The van der Waals surface area contributed by atoms with Crippen molar-refractivity contribution in [1.82, 2.24) is 15.3 Å². The summed E-state index contributed by atoms with van der Waals surface area (Å²) in [4.78, 5) is 20.8. The molecule has 0 aliphatic rings. The normalized spacial score (nSPS) is 10.5. The molecule has 2 aromatic rings. The molecule has 2 rings (SSSR count). The quantitative estimate of drug-likeness (QED) is 0.648. The number of nitrogens with zero attached hydrogens (tertiary/aromatic N) is 2. The molecule has 1 aromatic heterocycles. The third-order valence-corrected chi connectivity index (χ3v) is 4.08. The second-order valence-electron chi connectivity index (χ2n) is 4.71. The monoisotopic (exact) mass is 335 g/mol. The smallest absolute Gasteiger partial charge is 0.270 e. The number of hydrogen-bond donors (Lipinski definition) is 1. The minimum absolute atomic E-state index is 0.185. The molecule has 116 valence electrons. The Bertz CT molecular complexity index is 664. The SMILES string of the molecule is CCSc1nc(C)cc(C(=O)NCCc2ccccc2Cl)n1. The number of carbonyl (C=O) groups is 1. The summed E-state index contributed by atoms with van der Waals surface area (Å²) in [5.41, 5.74) is 2.22. The topological polar surface area (TPSA) is 54.9 Å². The molecular formula is C16H18ClN3OS. The maximum Gasteiger partial charge on any atom is 0.270 e. The van der Waals surface area contributed by atoms with E-state index in [1.807, 2.05) is 38.1 Å². The Balaban J connectivity index is 1.96. The van der Waals surface area contributed by atoms with Gasteiger partial charge in [-0.15, -0.1) is 0 Å². The number of hydrogen-bond acceptors (Lipinski definition) is 4. The first-order valence-electron chi connectivity index (χ1n) is 7.10. The summed E-state index contributed by atoms with van der Waals surface area (Å²) in [6, 6.07) is 9.33. The average molecular weight is 336 g/mol. The Morgan fingerprint density at radius 3 is 2.82 bits per heavy atom. The van der Waals surface area contributed by atoms with Crippen LogP contribution in [0.4, 0.5) is 0 Å². The van der Waals surface area contributed by atoms with Gasteiger partial charge in [0.25, 0.3) is 5.91 Å². The molecule has 0 saturated heterocycles. The van der Waals surface area contributed by atoms with Gasteiger partial charge in [-0.25, -0.2) is 9.97 Å². The molecule has 0 atom stereocenters. The van der Waals surface area contributed by atoms with Crippen LogP contribution in [0, 0.1) is 6.92 Å². The number of rotatable bonds is 6. The molecule has 1 heterocycles. The van der Waals surface area contributed by atoms with Crippen molar-refractivity contribution >= 4 is 29.3 Å². The van der Waals surface area contributed by atoms with E-state index < -0.39 is 0 Å². The van der Waals surface area contributed by atoms with Crippen molar-refractivity contribution < 1.29 is 4.79 Å². The van der Waals surface area contributed by atoms with E-state index in [4.69, 9.17) is 11.6 Å². The zero-order valence-electron chi connectivity index (χ0n) is 12.6. The van der Waals surface area contributed by atoms with Crippen LogP contribution in [0.5, 0.6) is 0 Å². The van der Waals surface area contributed by atoms with Gasteiger partial charge in [-0.2, -0.15) is 0 Å². The molecule has 1 N–H and O–H groups in total. The van der Waals surface area contributed by atoms with E-state index in [-0.39, 0.29) is 5.91 Å². The third-order valence-electron chi connectivity index (χ3n) is 2.98. The summed E-state index contributed by atoms with van der Waals surface area (Å²) in [5, 5.41) is 4.23. The maximum absolute atomic E-state index is 12.2. The lowest BCUT2D eigenvalue weighted by atomic mass is 10.1. The van der Waals surface area contributed by atoms with E-state index in [2.05, 4.69) is 15.3 Å². The number of carbonyl (C=O) groups excluding carboxylic acids is 1. The van der Waals surface area contributed by atoms with Crippen molar-refractivity contribution in [2.75, 3.05) is 12.3 Å². The average Bonchev–Trinajstić information content (AvgIpc) is 2.49. The molecule has 0 bridgehead atoms. The van der Waals surface area contributed by atoms with E-state index in [9.17, 15) is 4.79 Å². The summed E-state index contributed by atoms with van der Waals surface area (Å²) in [5.74, 6) is 0.687. The highest BCUT2D eigenvalue weighted by molar-refractivity contribution is 7.99. The second-order valence-corrected chi connectivity index (χ2v) is 6.35. The van der Waals surface area contributed by atoms with Crippen LogP contribution in [-0.4, -0.2) is 28.2 Å². The Labute approximate surface area is 139 Å². The fraction of sp³-hybridized carbons (Fsp3) is 0.312. The largest absolute Gasteiger partial charge is 0.350 e. The highest BCUT2D eigenvalue weighted by Gasteiger charge is 2.10. The molecule has 1 amide bonds. The first-order chi connectivity index (χ1) is 10.6. The van der Waals surface area contributed by atoms with Crippen LogP contribution in [0.3, 0.4) is 0 Å². The summed E-state index contributed by atoms with van der Waals surface area (Å²) < 4.78 is 0. The molecule has 4 nitrogen and oxygen atoms in total. The van der Waals surface area contributed by atoms with Crippen LogP contribution in [0.2, 0.25) is 5.02 Å². The van der Waals surface area contributed by atoms with Gasteiger partial charge >= 0.3 is 0 Å². The van der Waals surface area contributed by atoms with E-state index in [1.54, 1.807) is 6.07 Å². The molecule has 0 saturated carbocycles. The van der Waals surface area contributed by atoms with Gasteiger partial charge in [0, 0.05) is 17.3 Å². The van der Waals surface area contributed by atoms with E-state index in [0.29, 0.717) is 23.8 Å². The number of aryl methyl sites for hydroxylation is 1. The number of benzene rings is 1. The van der Waals surface area contributed by atoms with Crippen molar-refractivity contribution in [3.05, 3.63) is 52.3 Å². The van der Waals surface area contributed by atoms with Crippen LogP contribution in [0.1, 0.15) is 28.7 Å². The van der Waals surface area contributed by atoms with Crippen LogP contribution >= 0.6 is 23.4 Å². The summed E-state index contributed by atoms with van der Waals surface area (Å²) in [6.07, 6.45) is 0.687. The van der Waals surface area contributed by atoms with Crippen LogP contribution in [0.15, 0.2) is 35.5 Å². The second kappa shape index (κ2) is 8.15. The minimum Gasteiger partial charge on any atom is -0.350 e. The van der Waals surface area contributed by atoms with Gasteiger partial charge in [0.2, 0.25) is 0 Å². The van der Waals surface area contributed by atoms with Gasteiger partial charge in [0.15, 0.2) is 5.16 Å². The van der Waals surface area contributed by atoms with Gasteiger partial charge in [-0.3, -0.25) is 4.79 Å². The number of aromatic nitrogens is 2. The highest BCUT2D eigenvalue weighted by Crippen LogP contribution is 2.15. The first-order valence-corrected chi connectivity index (χ1v) is 8.46. The predicted molar refractivity (Wildman–Crippen MR) is 90.7 cm³/mol. The van der Waals surface area contributed by atoms with E-state index >= 15 is 0 Å². The number of amides is 1. The number of thioether (sulfide) groups is 1. The highest BCUT2D eigenvalue weighted by atomic mass is 35.5. The maximum atomic E-state index is 12.2. The molecule has 0 fully saturated rings. The summed E-state index contributed by atoms with van der Waals surface area (Å²) in [6.45, 7) is 4.41. The molecule has 0 aliphatic heterocycles. The molecule has 6 heteroatoms. The van der Waals surface area contributed by atoms with Crippen molar-refractivity contribution in [3.63, 3.8) is 0 Å². The molecule has 0 unspecified atom stereocenters. The molecular weight excluding hydrogens is 318 g/mol. The standard InChI is InChI=1S/C16H18ClN3OS/c1-3-22-16-19-11(2)10-14(20-16)15(21)18-9-8-12-6-4-5-7-13(12)17/h4-7,10H,3,8-9H2,1-2H3,(H,18,21). The lowest BCUT2D eigenvalue weighted by Crippen LogP contribution is -2.27. The Morgan fingerprint density at radius 1 is 1.32 bits per heavy atom. The fourth-order valence-electron chi connectivity index (χ4n) is 1.95. The number of halogens is 1. The van der Waals surface area contributed by atoms with Gasteiger partial charge in [0.1, 0.15) is 5.69 Å². The van der Waals surface area contributed by atoms with Crippen molar-refractivity contribution in [3.8, 4) is 0 Å². The Hall–Kier alpha value is -1.59.